The Labute approximate surface area is 147 Å². The van der Waals surface area contributed by atoms with Gasteiger partial charge in [-0.3, -0.25) is 9.69 Å². The molecule has 0 saturated carbocycles. The number of hydrogen-bond donors (Lipinski definition) is 1. The number of nitrogens with one attached hydrogen (secondary N) is 1. The van der Waals surface area contributed by atoms with Crippen molar-refractivity contribution in [3.05, 3.63) is 47.7 Å². The zero-order valence-corrected chi connectivity index (χ0v) is 14.6. The SMILES string of the molecule is Cc1cnc(C(C)N2CCC3(CC2)CNC(=O)c2ccccc2O3)o1. The molecule has 2 aromatic rings. The first-order chi connectivity index (χ1) is 12.1. The lowest BCUT2D eigenvalue weighted by molar-refractivity contribution is -0.00737. The Morgan fingerprint density at radius 2 is 2.04 bits per heavy atom. The van der Waals surface area contributed by atoms with Gasteiger partial charge >= 0.3 is 0 Å². The van der Waals surface area contributed by atoms with Gasteiger partial charge in [0.2, 0.25) is 5.89 Å². The van der Waals surface area contributed by atoms with E-state index in [1.807, 2.05) is 31.2 Å². The molecule has 1 unspecified atom stereocenters. The van der Waals surface area contributed by atoms with Crippen molar-refractivity contribution in [3.63, 3.8) is 0 Å². The number of hydrogen-bond acceptors (Lipinski definition) is 5. The van der Waals surface area contributed by atoms with Gasteiger partial charge in [0.25, 0.3) is 5.91 Å². The van der Waals surface area contributed by atoms with Crippen LogP contribution >= 0.6 is 0 Å². The molecule has 1 N–H and O–H groups in total. The lowest BCUT2D eigenvalue weighted by Gasteiger charge is -2.42. The highest BCUT2D eigenvalue weighted by Gasteiger charge is 2.41. The quantitative estimate of drug-likeness (QED) is 0.910. The molecular formula is C19H23N3O3. The van der Waals surface area contributed by atoms with Crippen LogP contribution in [0.1, 0.15) is 47.8 Å². The summed E-state index contributed by atoms with van der Waals surface area (Å²) in [5, 5.41) is 3.03. The monoisotopic (exact) mass is 341 g/mol. The van der Waals surface area contributed by atoms with Crippen molar-refractivity contribution in [1.82, 2.24) is 15.2 Å². The van der Waals surface area contributed by atoms with Crippen LogP contribution in [0.2, 0.25) is 0 Å². The molecule has 1 fully saturated rings. The highest BCUT2D eigenvalue weighted by Crippen LogP contribution is 2.35. The van der Waals surface area contributed by atoms with Crippen LogP contribution in [0.3, 0.4) is 0 Å². The molecule has 1 spiro atoms. The van der Waals surface area contributed by atoms with Crippen LogP contribution in [0, 0.1) is 6.92 Å². The third-order valence-corrected chi connectivity index (χ3v) is 5.28. The molecule has 3 heterocycles. The van der Waals surface area contributed by atoms with Gasteiger partial charge in [0.05, 0.1) is 24.3 Å². The molecule has 1 saturated heterocycles. The van der Waals surface area contributed by atoms with E-state index in [0.29, 0.717) is 17.9 Å². The van der Waals surface area contributed by atoms with E-state index >= 15 is 0 Å². The van der Waals surface area contributed by atoms with Crippen LogP contribution in [0.5, 0.6) is 5.75 Å². The second-order valence-electron chi connectivity index (χ2n) is 6.99. The number of carbonyl (C=O) groups excluding carboxylic acids is 1. The van der Waals surface area contributed by atoms with Crippen LogP contribution in [0.4, 0.5) is 0 Å². The van der Waals surface area contributed by atoms with Crippen molar-refractivity contribution in [2.75, 3.05) is 19.6 Å². The van der Waals surface area contributed by atoms with Gasteiger partial charge < -0.3 is 14.5 Å². The number of rotatable bonds is 2. The first kappa shape index (κ1) is 16.1. The largest absolute Gasteiger partial charge is 0.485 e. The van der Waals surface area contributed by atoms with E-state index in [-0.39, 0.29) is 17.6 Å². The van der Waals surface area contributed by atoms with Gasteiger partial charge in [-0.2, -0.15) is 0 Å². The summed E-state index contributed by atoms with van der Waals surface area (Å²) < 4.78 is 12.0. The van der Waals surface area contributed by atoms with Crippen molar-refractivity contribution in [1.29, 1.82) is 0 Å². The molecule has 1 aromatic carbocycles. The molecule has 4 rings (SSSR count). The van der Waals surface area contributed by atoms with Gasteiger partial charge in [-0.05, 0) is 26.0 Å². The van der Waals surface area contributed by atoms with Crippen molar-refractivity contribution in [2.45, 2.75) is 38.3 Å². The van der Waals surface area contributed by atoms with Gasteiger partial charge in [-0.1, -0.05) is 12.1 Å². The molecule has 25 heavy (non-hydrogen) atoms. The van der Waals surface area contributed by atoms with Gasteiger partial charge in [0, 0.05) is 25.9 Å². The Morgan fingerprint density at radius 1 is 1.28 bits per heavy atom. The van der Waals surface area contributed by atoms with Gasteiger partial charge in [0.1, 0.15) is 17.1 Å². The number of ether oxygens (including phenoxy) is 1. The standard InChI is InChI=1S/C19H23N3O3/c1-13-11-20-18(24-13)14(2)22-9-7-19(8-10-22)12-21-17(23)15-5-3-4-6-16(15)25-19/h3-6,11,14H,7-10,12H2,1-2H3,(H,21,23). The molecule has 2 aliphatic heterocycles. The second kappa shape index (κ2) is 6.19. The number of aryl methyl sites for hydroxylation is 1. The summed E-state index contributed by atoms with van der Waals surface area (Å²) in [6, 6.07) is 7.60. The highest BCUT2D eigenvalue weighted by molar-refractivity contribution is 5.97. The zero-order valence-electron chi connectivity index (χ0n) is 14.6. The van der Waals surface area contributed by atoms with Crippen LogP contribution < -0.4 is 10.1 Å². The Bertz CT molecular complexity index is 778. The maximum absolute atomic E-state index is 12.3. The van der Waals surface area contributed by atoms with E-state index < -0.39 is 0 Å². The summed E-state index contributed by atoms with van der Waals surface area (Å²) in [5.74, 6) is 2.22. The maximum atomic E-state index is 12.3. The minimum atomic E-state index is -0.342. The predicted molar refractivity (Wildman–Crippen MR) is 92.6 cm³/mol. The van der Waals surface area contributed by atoms with Gasteiger partial charge in [-0.25, -0.2) is 4.98 Å². The van der Waals surface area contributed by atoms with E-state index in [1.54, 1.807) is 6.20 Å². The Hall–Kier alpha value is -2.34. The molecule has 1 amide bonds. The minimum Gasteiger partial charge on any atom is -0.485 e. The third kappa shape index (κ3) is 3.02. The van der Waals surface area contributed by atoms with Crippen molar-refractivity contribution in [3.8, 4) is 5.75 Å². The summed E-state index contributed by atoms with van der Waals surface area (Å²) >= 11 is 0. The van der Waals surface area contributed by atoms with E-state index in [2.05, 4.69) is 22.1 Å². The predicted octanol–water partition coefficient (Wildman–Crippen LogP) is 2.70. The summed E-state index contributed by atoms with van der Waals surface area (Å²) in [4.78, 5) is 19.0. The van der Waals surface area contributed by atoms with Crippen LogP contribution in [0.15, 0.2) is 34.9 Å². The number of carbonyl (C=O) groups is 1. The summed E-state index contributed by atoms with van der Waals surface area (Å²) in [7, 11) is 0. The van der Waals surface area contributed by atoms with Crippen molar-refractivity contribution in [2.24, 2.45) is 0 Å². The minimum absolute atomic E-state index is 0.0569. The molecular weight excluding hydrogens is 318 g/mol. The zero-order chi connectivity index (χ0) is 17.4. The van der Waals surface area contributed by atoms with E-state index in [1.165, 1.54) is 0 Å². The Morgan fingerprint density at radius 3 is 2.76 bits per heavy atom. The molecule has 6 heteroatoms. The number of oxazole rings is 1. The Kier molecular flexibility index (Phi) is 4.00. The molecule has 1 aromatic heterocycles. The lowest BCUT2D eigenvalue weighted by atomic mass is 9.90. The van der Waals surface area contributed by atoms with Crippen LogP contribution in [-0.2, 0) is 0 Å². The average molecular weight is 341 g/mol. The first-order valence-electron chi connectivity index (χ1n) is 8.79. The van der Waals surface area contributed by atoms with Gasteiger partial charge in [0.15, 0.2) is 0 Å². The third-order valence-electron chi connectivity index (χ3n) is 5.28. The molecule has 132 valence electrons. The average Bonchev–Trinajstić information content (AvgIpc) is 3.01. The fourth-order valence-corrected chi connectivity index (χ4v) is 3.67. The fraction of sp³-hybridized carbons (Fsp3) is 0.474. The summed E-state index contributed by atoms with van der Waals surface area (Å²) in [5.41, 5.74) is 0.274. The maximum Gasteiger partial charge on any atom is 0.255 e. The van der Waals surface area contributed by atoms with Gasteiger partial charge in [-0.15, -0.1) is 0 Å². The fourth-order valence-electron chi connectivity index (χ4n) is 3.67. The number of para-hydroxylation sites is 1. The number of benzene rings is 1. The van der Waals surface area contributed by atoms with E-state index in [0.717, 1.165) is 37.6 Å². The van der Waals surface area contributed by atoms with Crippen LogP contribution in [-0.4, -0.2) is 41.0 Å². The molecule has 0 aliphatic carbocycles. The summed E-state index contributed by atoms with van der Waals surface area (Å²) in [6.07, 6.45) is 3.47. The number of piperidine rings is 1. The number of aromatic nitrogens is 1. The number of amides is 1. The topological polar surface area (TPSA) is 67.6 Å². The molecule has 0 bridgehead atoms. The first-order valence-corrected chi connectivity index (χ1v) is 8.79. The number of nitrogens with zero attached hydrogens (tertiary/aromatic N) is 2. The van der Waals surface area contributed by atoms with E-state index in [9.17, 15) is 4.79 Å². The smallest absolute Gasteiger partial charge is 0.255 e. The summed E-state index contributed by atoms with van der Waals surface area (Å²) in [6.45, 7) is 6.32. The molecule has 2 aliphatic rings. The molecule has 1 atom stereocenters. The van der Waals surface area contributed by atoms with Crippen molar-refractivity contribution >= 4 is 5.91 Å². The number of likely N-dealkylation sites (tertiary alicyclic amines) is 1. The number of fused-ring (bicyclic) bond motifs is 1. The molecule has 6 nitrogen and oxygen atoms in total. The lowest BCUT2D eigenvalue weighted by Crippen LogP contribution is -2.53. The van der Waals surface area contributed by atoms with Crippen molar-refractivity contribution < 1.29 is 13.9 Å². The second-order valence-corrected chi connectivity index (χ2v) is 6.99. The van der Waals surface area contributed by atoms with Crippen LogP contribution in [0.25, 0.3) is 0 Å². The molecule has 0 radical (unpaired) electrons. The normalized spacial score (nSPS) is 21.1. The highest BCUT2D eigenvalue weighted by atomic mass is 16.5. The Balaban J connectivity index is 1.48. The van der Waals surface area contributed by atoms with E-state index in [4.69, 9.17) is 9.15 Å².